The van der Waals surface area contributed by atoms with Gasteiger partial charge in [0, 0.05) is 7.11 Å². The molecule has 0 bridgehead atoms. The summed E-state index contributed by atoms with van der Waals surface area (Å²) in [5.74, 6) is -4.21. The molecule has 0 aliphatic carbocycles. The maximum Gasteiger partial charge on any atom is 0.475 e. The third-order valence-corrected chi connectivity index (χ3v) is 7.70. The standard InChI is InChI=1S/C26H40N5O14P/c1-23(2,3)42-20(33)30-16-13(27-14-18(30)41-12-11-40-46(38,39-10)45-15(12)26(14,36)37)17(32)29-19(28-16)31(21(34)43-24(4,5)6)22(35)44-25(7,8)9/h12,14-15,18,27,36-37H,11H2,1-10H3,(H,28,29,32)/t12-,14-,15+,18-,46?/m1/s1. The highest BCUT2D eigenvalue weighted by molar-refractivity contribution is 7.48. The lowest BCUT2D eigenvalue weighted by Gasteiger charge is -2.54. The van der Waals surface area contributed by atoms with Gasteiger partial charge in [-0.3, -0.25) is 23.3 Å². The predicted molar refractivity (Wildman–Crippen MR) is 157 cm³/mol. The fourth-order valence-corrected chi connectivity index (χ4v) is 5.73. The van der Waals surface area contributed by atoms with E-state index < -0.39 is 103 Å². The number of aliphatic hydroxyl groups is 2. The Morgan fingerprint density at radius 3 is 2.04 bits per heavy atom. The first-order valence-electron chi connectivity index (χ1n) is 14.1. The van der Waals surface area contributed by atoms with Crippen LogP contribution in [0.25, 0.3) is 0 Å². The van der Waals surface area contributed by atoms with Crippen LogP contribution in [0.1, 0.15) is 62.3 Å². The Bertz CT molecular complexity index is 1470. The number of carbonyl (C=O) groups excluding carboxylic acids is 3. The molecule has 4 heterocycles. The van der Waals surface area contributed by atoms with Gasteiger partial charge >= 0.3 is 26.1 Å². The van der Waals surface area contributed by atoms with Gasteiger partial charge < -0.3 is 34.5 Å². The smallest absolute Gasteiger partial charge is 0.443 e. The van der Waals surface area contributed by atoms with Crippen molar-refractivity contribution in [1.82, 2.24) is 9.97 Å². The lowest BCUT2D eigenvalue weighted by molar-refractivity contribution is -0.315. The molecule has 4 N–H and O–H groups in total. The van der Waals surface area contributed by atoms with Crippen LogP contribution in [0, 0.1) is 0 Å². The number of anilines is 3. The molecule has 5 atom stereocenters. The summed E-state index contributed by atoms with van der Waals surface area (Å²) in [7, 11) is -3.19. The van der Waals surface area contributed by atoms with Gasteiger partial charge in [0.05, 0.1) is 6.61 Å². The molecule has 0 saturated carbocycles. The van der Waals surface area contributed by atoms with Gasteiger partial charge in [0.25, 0.3) is 5.56 Å². The summed E-state index contributed by atoms with van der Waals surface area (Å²) < 4.78 is 50.1. The van der Waals surface area contributed by atoms with E-state index in [0.29, 0.717) is 9.80 Å². The van der Waals surface area contributed by atoms with Crippen LogP contribution < -0.4 is 20.7 Å². The van der Waals surface area contributed by atoms with Crippen LogP contribution >= 0.6 is 7.82 Å². The zero-order valence-electron chi connectivity index (χ0n) is 27.1. The van der Waals surface area contributed by atoms with E-state index in [1.54, 1.807) is 62.3 Å². The average molecular weight is 678 g/mol. The summed E-state index contributed by atoms with van der Waals surface area (Å²) >= 11 is 0. The highest BCUT2D eigenvalue weighted by Gasteiger charge is 2.64. The number of nitrogens with zero attached hydrogens (tertiary/aromatic N) is 3. The first-order chi connectivity index (χ1) is 20.9. The number of amides is 3. The van der Waals surface area contributed by atoms with Crippen molar-refractivity contribution in [2.45, 2.75) is 109 Å². The fourth-order valence-electron chi connectivity index (χ4n) is 4.58. The summed E-state index contributed by atoms with van der Waals surface area (Å²) in [5, 5.41) is 25.3. The molecule has 3 amide bonds. The van der Waals surface area contributed by atoms with E-state index in [1.165, 1.54) is 0 Å². The minimum atomic E-state index is -4.22. The summed E-state index contributed by atoms with van der Waals surface area (Å²) in [6.07, 6.45) is -8.48. The predicted octanol–water partition coefficient (Wildman–Crippen LogP) is 2.56. The Balaban J connectivity index is 1.89. The fraction of sp³-hybridized carbons (Fsp3) is 0.731. The average Bonchev–Trinajstić information content (AvgIpc) is 2.85. The van der Waals surface area contributed by atoms with Gasteiger partial charge in [0.15, 0.2) is 18.1 Å². The SMILES string of the molecule is COP1(=O)OC[C@H]2O[C@@H]3[C@@H](Nc4c(nc(N(C(=O)OC(C)(C)C)C(=O)OC(C)(C)C)[nH]c4=O)N3C(=O)OC(C)(C)C)C(O)(O)[C@H]2O1. The maximum atomic E-state index is 13.7. The number of hydrogen-bond acceptors (Lipinski definition) is 16. The Morgan fingerprint density at radius 2 is 1.54 bits per heavy atom. The molecule has 0 radical (unpaired) electrons. The number of phosphoric ester groups is 1. The quantitative estimate of drug-likeness (QED) is 0.200. The molecule has 20 heteroatoms. The van der Waals surface area contributed by atoms with E-state index >= 15 is 0 Å². The molecule has 2 saturated heterocycles. The zero-order chi connectivity index (χ0) is 34.8. The van der Waals surface area contributed by atoms with Gasteiger partial charge in [-0.25, -0.2) is 23.8 Å². The molecule has 3 aliphatic rings. The highest BCUT2D eigenvalue weighted by atomic mass is 31.2. The number of ether oxygens (including phenoxy) is 4. The van der Waals surface area contributed by atoms with Crippen LogP contribution in [0.5, 0.6) is 0 Å². The number of aromatic nitrogens is 2. The van der Waals surface area contributed by atoms with Crippen molar-refractivity contribution >= 4 is 43.6 Å². The molecule has 1 unspecified atom stereocenters. The van der Waals surface area contributed by atoms with E-state index in [9.17, 15) is 34.0 Å². The molecule has 3 aliphatic heterocycles. The zero-order valence-corrected chi connectivity index (χ0v) is 28.0. The largest absolute Gasteiger partial charge is 0.475 e. The maximum absolute atomic E-state index is 13.7. The van der Waals surface area contributed by atoms with Crippen molar-refractivity contribution in [2.75, 3.05) is 28.8 Å². The molecule has 19 nitrogen and oxygen atoms in total. The van der Waals surface area contributed by atoms with Crippen molar-refractivity contribution in [2.24, 2.45) is 0 Å². The van der Waals surface area contributed by atoms with Gasteiger partial charge in [-0.05, 0) is 62.3 Å². The number of rotatable bonds is 2. The number of imide groups is 1. The molecule has 4 rings (SSSR count). The number of hydrogen-bond donors (Lipinski definition) is 4. The molecule has 1 aromatic heterocycles. The summed E-state index contributed by atoms with van der Waals surface area (Å²) in [4.78, 5) is 61.5. The third kappa shape index (κ3) is 7.30. The number of fused-ring (bicyclic) bond motifs is 3. The van der Waals surface area contributed by atoms with E-state index in [2.05, 4.69) is 15.3 Å². The number of nitrogens with one attached hydrogen (secondary N) is 2. The van der Waals surface area contributed by atoms with Crippen LogP contribution in [0.15, 0.2) is 4.79 Å². The van der Waals surface area contributed by atoms with E-state index in [0.717, 1.165) is 7.11 Å². The van der Waals surface area contributed by atoms with Gasteiger partial charge in [0.2, 0.25) is 11.7 Å². The molecular formula is C26H40N5O14P. The number of carbonyl (C=O) groups is 3. The van der Waals surface area contributed by atoms with Gasteiger partial charge in [-0.15, -0.1) is 4.90 Å². The van der Waals surface area contributed by atoms with E-state index in [4.69, 9.17) is 32.5 Å². The second-order valence-electron chi connectivity index (χ2n) is 13.7. The van der Waals surface area contributed by atoms with Crippen LogP contribution in [-0.2, 0) is 37.1 Å². The molecule has 2 fully saturated rings. The Hall–Kier alpha value is -3.32. The lowest BCUT2D eigenvalue weighted by atomic mass is 9.90. The summed E-state index contributed by atoms with van der Waals surface area (Å²) in [5.41, 5.74) is -4.90. The van der Waals surface area contributed by atoms with Gasteiger partial charge in [-0.2, -0.15) is 4.98 Å². The Morgan fingerprint density at radius 1 is 1.00 bits per heavy atom. The van der Waals surface area contributed by atoms with Crippen molar-refractivity contribution in [3.8, 4) is 0 Å². The second kappa shape index (κ2) is 11.7. The number of phosphoric acid groups is 1. The van der Waals surface area contributed by atoms with Crippen LogP contribution in [-0.4, -0.2) is 99.2 Å². The highest BCUT2D eigenvalue weighted by Crippen LogP contribution is 2.56. The second-order valence-corrected chi connectivity index (χ2v) is 15.4. The van der Waals surface area contributed by atoms with Gasteiger partial charge in [-0.1, -0.05) is 0 Å². The van der Waals surface area contributed by atoms with E-state index in [1.807, 2.05) is 0 Å². The van der Waals surface area contributed by atoms with Crippen LogP contribution in [0.2, 0.25) is 0 Å². The molecule has 258 valence electrons. The first-order valence-corrected chi connectivity index (χ1v) is 15.6. The summed E-state index contributed by atoms with van der Waals surface area (Å²) in [6, 6.07) is -1.75. The van der Waals surface area contributed by atoms with Crippen molar-refractivity contribution in [1.29, 1.82) is 0 Å². The Kier molecular flexibility index (Phi) is 9.06. The molecular weight excluding hydrogens is 637 g/mol. The minimum absolute atomic E-state index is 0.336. The first kappa shape index (κ1) is 35.5. The lowest BCUT2D eigenvalue weighted by Crippen LogP contribution is -2.75. The van der Waals surface area contributed by atoms with Crippen molar-refractivity contribution in [3.05, 3.63) is 10.4 Å². The normalized spacial score (nSPS) is 27.3. The summed E-state index contributed by atoms with van der Waals surface area (Å²) in [6.45, 7) is 13.4. The van der Waals surface area contributed by atoms with Crippen molar-refractivity contribution < 1.29 is 61.7 Å². The Labute approximate surface area is 264 Å². The minimum Gasteiger partial charge on any atom is -0.443 e. The number of aromatic amines is 1. The molecule has 0 spiro atoms. The molecule has 1 aromatic rings. The monoisotopic (exact) mass is 677 g/mol. The van der Waals surface area contributed by atoms with E-state index in [-0.39, 0.29) is 0 Å². The number of H-pyrrole nitrogens is 1. The molecule has 46 heavy (non-hydrogen) atoms. The topological polar surface area (TPSA) is 238 Å². The van der Waals surface area contributed by atoms with Crippen LogP contribution in [0.3, 0.4) is 0 Å². The molecule has 0 aromatic carbocycles. The van der Waals surface area contributed by atoms with Gasteiger partial charge in [0.1, 0.15) is 34.6 Å². The third-order valence-electron chi connectivity index (χ3n) is 6.30. The van der Waals surface area contributed by atoms with Crippen molar-refractivity contribution in [3.63, 3.8) is 0 Å². The van der Waals surface area contributed by atoms with Crippen LogP contribution in [0.4, 0.5) is 31.8 Å².